The van der Waals surface area contributed by atoms with E-state index in [9.17, 15) is 0 Å². The number of hydrogen-bond donors (Lipinski definition) is 0. The van der Waals surface area contributed by atoms with Crippen molar-refractivity contribution >= 4 is 22.5 Å². The summed E-state index contributed by atoms with van der Waals surface area (Å²) >= 11 is 6.43. The van der Waals surface area contributed by atoms with Crippen LogP contribution in [0.1, 0.15) is 0 Å². The molecular weight excluding hydrogens is 290 g/mol. The zero-order valence-corrected chi connectivity index (χ0v) is 12.7. The Morgan fingerprint density at radius 3 is 2.62 bits per heavy atom. The van der Waals surface area contributed by atoms with Crippen LogP contribution < -0.4 is 9.47 Å². The number of aryl methyl sites for hydroxylation is 1. The number of rotatable bonds is 3. The van der Waals surface area contributed by atoms with E-state index in [2.05, 4.69) is 9.97 Å². The third-order valence-electron chi connectivity index (χ3n) is 3.36. The number of ether oxygens (including phenoxy) is 2. The molecule has 0 aliphatic rings. The molecule has 0 amide bonds. The highest BCUT2D eigenvalue weighted by Gasteiger charge is 2.16. The van der Waals surface area contributed by atoms with Gasteiger partial charge in [0.25, 0.3) is 5.88 Å². The predicted molar refractivity (Wildman–Crippen MR) is 82.1 cm³/mol. The van der Waals surface area contributed by atoms with Crippen LogP contribution in [0.25, 0.3) is 22.2 Å². The van der Waals surface area contributed by atoms with E-state index in [0.29, 0.717) is 16.7 Å². The van der Waals surface area contributed by atoms with Gasteiger partial charge in [0.15, 0.2) is 0 Å². The molecule has 2 aromatic heterocycles. The minimum Gasteiger partial charge on any atom is -0.490 e. The largest absolute Gasteiger partial charge is 0.490 e. The fourth-order valence-electron chi connectivity index (χ4n) is 2.30. The van der Waals surface area contributed by atoms with Crippen molar-refractivity contribution in [1.29, 1.82) is 0 Å². The summed E-state index contributed by atoms with van der Waals surface area (Å²) in [5, 5.41) is 1.30. The number of hydrogen-bond acceptors (Lipinski definition) is 4. The topological polar surface area (TPSA) is 49.2 Å². The Kier molecular flexibility index (Phi) is 3.43. The molecule has 0 saturated carbocycles. The van der Waals surface area contributed by atoms with E-state index in [1.807, 2.05) is 36.0 Å². The lowest BCUT2D eigenvalue weighted by Gasteiger charge is -2.12. The average molecular weight is 304 g/mol. The van der Waals surface area contributed by atoms with E-state index in [1.54, 1.807) is 13.4 Å². The van der Waals surface area contributed by atoms with Crippen molar-refractivity contribution in [2.75, 3.05) is 14.2 Å². The van der Waals surface area contributed by atoms with Crippen molar-refractivity contribution in [2.45, 2.75) is 0 Å². The standard InChI is InChI=1S/C15H14ClN3O2/c1-19-8-17-7-12(19)9-4-5-11-10(6-9)13(16)14(20-2)15(18-11)21-3/h4-8H,1-3H3. The minimum atomic E-state index is 0.378. The van der Waals surface area contributed by atoms with Gasteiger partial charge in [-0.2, -0.15) is 0 Å². The molecule has 108 valence electrons. The van der Waals surface area contributed by atoms with Crippen molar-refractivity contribution in [3.8, 4) is 22.9 Å². The maximum absolute atomic E-state index is 6.43. The first-order valence-electron chi connectivity index (χ1n) is 6.33. The van der Waals surface area contributed by atoms with Crippen LogP contribution in [-0.4, -0.2) is 28.8 Å². The molecule has 0 fully saturated rings. The first-order valence-corrected chi connectivity index (χ1v) is 6.71. The number of aromatic nitrogens is 3. The lowest BCUT2D eigenvalue weighted by Crippen LogP contribution is -1.96. The first kappa shape index (κ1) is 13.7. The Balaban J connectivity index is 2.26. The normalized spacial score (nSPS) is 10.9. The highest BCUT2D eigenvalue weighted by atomic mass is 35.5. The Morgan fingerprint density at radius 2 is 2.00 bits per heavy atom. The summed E-state index contributed by atoms with van der Waals surface area (Å²) in [6, 6.07) is 5.86. The third-order valence-corrected chi connectivity index (χ3v) is 3.73. The number of fused-ring (bicyclic) bond motifs is 1. The van der Waals surface area contributed by atoms with Crippen LogP contribution in [0.4, 0.5) is 0 Å². The summed E-state index contributed by atoms with van der Waals surface area (Å²) < 4.78 is 12.5. The molecule has 0 unspecified atom stereocenters. The molecular formula is C15H14ClN3O2. The van der Waals surface area contributed by atoms with Gasteiger partial charge in [0.1, 0.15) is 0 Å². The fourth-order valence-corrected chi connectivity index (χ4v) is 2.61. The molecule has 21 heavy (non-hydrogen) atoms. The highest BCUT2D eigenvalue weighted by Crippen LogP contribution is 2.39. The lowest BCUT2D eigenvalue weighted by molar-refractivity contribution is 0.345. The van der Waals surface area contributed by atoms with Gasteiger partial charge >= 0.3 is 0 Å². The Morgan fingerprint density at radius 1 is 1.19 bits per heavy atom. The number of pyridine rings is 1. The summed E-state index contributed by atoms with van der Waals surface area (Å²) in [5.41, 5.74) is 2.77. The van der Waals surface area contributed by atoms with Gasteiger partial charge in [-0.25, -0.2) is 9.97 Å². The van der Waals surface area contributed by atoms with E-state index in [4.69, 9.17) is 21.1 Å². The van der Waals surface area contributed by atoms with E-state index >= 15 is 0 Å². The molecule has 0 bridgehead atoms. The van der Waals surface area contributed by atoms with E-state index < -0.39 is 0 Å². The molecule has 0 radical (unpaired) electrons. The van der Waals surface area contributed by atoms with Crippen LogP contribution in [0, 0.1) is 0 Å². The highest BCUT2D eigenvalue weighted by molar-refractivity contribution is 6.37. The SMILES string of the molecule is COc1nc2ccc(-c3cncn3C)cc2c(Cl)c1OC. The maximum atomic E-state index is 6.43. The zero-order chi connectivity index (χ0) is 15.0. The second kappa shape index (κ2) is 5.26. The van der Waals surface area contributed by atoms with Gasteiger partial charge in [0.2, 0.25) is 5.75 Å². The summed E-state index contributed by atoms with van der Waals surface area (Å²) in [6.45, 7) is 0. The van der Waals surface area contributed by atoms with Crippen LogP contribution in [0.5, 0.6) is 11.6 Å². The zero-order valence-electron chi connectivity index (χ0n) is 11.9. The second-order valence-corrected chi connectivity index (χ2v) is 4.97. The molecule has 6 heteroatoms. The molecule has 0 spiro atoms. The predicted octanol–water partition coefficient (Wildman–Crippen LogP) is 3.31. The third kappa shape index (κ3) is 2.19. The average Bonchev–Trinajstić information content (AvgIpc) is 2.93. The Hall–Kier alpha value is -2.27. The van der Waals surface area contributed by atoms with Gasteiger partial charge in [-0.05, 0) is 12.1 Å². The summed E-state index contributed by atoms with van der Waals surface area (Å²) in [6.07, 6.45) is 3.57. The van der Waals surface area contributed by atoms with Crippen molar-refractivity contribution < 1.29 is 9.47 Å². The van der Waals surface area contributed by atoms with Crippen molar-refractivity contribution in [1.82, 2.24) is 14.5 Å². The van der Waals surface area contributed by atoms with Gasteiger partial charge in [0.05, 0.1) is 43.0 Å². The van der Waals surface area contributed by atoms with E-state index in [-0.39, 0.29) is 0 Å². The minimum absolute atomic E-state index is 0.378. The van der Waals surface area contributed by atoms with Crippen molar-refractivity contribution in [2.24, 2.45) is 7.05 Å². The molecule has 3 rings (SSSR count). The second-order valence-electron chi connectivity index (χ2n) is 4.59. The molecule has 0 aliphatic heterocycles. The monoisotopic (exact) mass is 303 g/mol. The fraction of sp³-hybridized carbons (Fsp3) is 0.200. The number of methoxy groups -OCH3 is 2. The number of benzene rings is 1. The molecule has 2 heterocycles. The number of halogens is 1. The molecule has 3 aromatic rings. The molecule has 0 N–H and O–H groups in total. The molecule has 5 nitrogen and oxygen atoms in total. The van der Waals surface area contributed by atoms with Crippen LogP contribution in [-0.2, 0) is 7.05 Å². The van der Waals surface area contributed by atoms with Crippen LogP contribution in [0.3, 0.4) is 0 Å². The van der Waals surface area contributed by atoms with Crippen molar-refractivity contribution in [3.05, 3.63) is 35.7 Å². The van der Waals surface area contributed by atoms with E-state index in [0.717, 1.165) is 22.2 Å². The van der Waals surface area contributed by atoms with Gasteiger partial charge < -0.3 is 14.0 Å². The van der Waals surface area contributed by atoms with Crippen LogP contribution >= 0.6 is 11.6 Å². The first-order chi connectivity index (χ1) is 10.2. The van der Waals surface area contributed by atoms with Gasteiger partial charge in [0, 0.05) is 18.0 Å². The molecule has 0 aliphatic carbocycles. The quantitative estimate of drug-likeness (QED) is 0.745. The van der Waals surface area contributed by atoms with Crippen molar-refractivity contribution in [3.63, 3.8) is 0 Å². The van der Waals surface area contributed by atoms with E-state index in [1.165, 1.54) is 7.11 Å². The maximum Gasteiger partial charge on any atom is 0.258 e. The van der Waals surface area contributed by atoms with Gasteiger partial charge in [-0.1, -0.05) is 17.7 Å². The smallest absolute Gasteiger partial charge is 0.258 e. The summed E-state index contributed by atoms with van der Waals surface area (Å²) in [5.74, 6) is 0.817. The Labute approximate surface area is 127 Å². The number of nitrogens with zero attached hydrogens (tertiary/aromatic N) is 3. The number of imidazole rings is 1. The Bertz CT molecular complexity index is 814. The van der Waals surface area contributed by atoms with Gasteiger partial charge in [-0.3, -0.25) is 0 Å². The summed E-state index contributed by atoms with van der Waals surface area (Å²) in [4.78, 5) is 8.55. The molecule has 0 atom stereocenters. The van der Waals surface area contributed by atoms with Crippen LogP contribution in [0.15, 0.2) is 30.7 Å². The lowest BCUT2D eigenvalue weighted by atomic mass is 10.1. The van der Waals surface area contributed by atoms with Gasteiger partial charge in [-0.15, -0.1) is 0 Å². The molecule has 1 aromatic carbocycles. The summed E-state index contributed by atoms with van der Waals surface area (Å²) in [7, 11) is 5.03. The van der Waals surface area contributed by atoms with Crippen LogP contribution in [0.2, 0.25) is 5.02 Å². The molecule has 0 saturated heterocycles.